The number of ether oxygens (including phenoxy) is 1. The van der Waals surface area contributed by atoms with Crippen molar-refractivity contribution in [2.75, 3.05) is 5.32 Å². The Morgan fingerprint density at radius 2 is 2.17 bits per heavy atom. The molecule has 0 aliphatic rings. The van der Waals surface area contributed by atoms with E-state index in [4.69, 9.17) is 9.26 Å². The molecule has 2 heterocycles. The smallest absolute Gasteiger partial charge is 0.340 e. The van der Waals surface area contributed by atoms with E-state index in [-0.39, 0.29) is 0 Å². The van der Waals surface area contributed by atoms with E-state index >= 15 is 0 Å². The van der Waals surface area contributed by atoms with E-state index in [1.807, 2.05) is 24.3 Å². The molecule has 24 heavy (non-hydrogen) atoms. The highest BCUT2D eigenvalue weighted by molar-refractivity contribution is 7.17. The second-order valence-electron chi connectivity index (χ2n) is 5.26. The van der Waals surface area contributed by atoms with E-state index in [9.17, 15) is 9.59 Å². The number of hydrogen-bond acceptors (Lipinski definition) is 6. The highest BCUT2D eigenvalue weighted by Crippen LogP contribution is 2.26. The topological polar surface area (TPSA) is 81.4 Å². The van der Waals surface area contributed by atoms with Crippen molar-refractivity contribution in [3.63, 3.8) is 0 Å². The van der Waals surface area contributed by atoms with Crippen molar-refractivity contribution < 1.29 is 18.8 Å². The molecule has 0 fully saturated rings. The fourth-order valence-corrected chi connectivity index (χ4v) is 3.21. The predicted octanol–water partition coefficient (Wildman–Crippen LogP) is 3.77. The van der Waals surface area contributed by atoms with Gasteiger partial charge in [-0.15, -0.1) is 11.3 Å². The highest BCUT2D eigenvalue weighted by Gasteiger charge is 2.24. The van der Waals surface area contributed by atoms with Gasteiger partial charge < -0.3 is 14.6 Å². The average molecular weight is 344 g/mol. The van der Waals surface area contributed by atoms with E-state index < -0.39 is 18.0 Å². The summed E-state index contributed by atoms with van der Waals surface area (Å²) >= 11 is 1.47. The molecule has 6 nitrogen and oxygen atoms in total. The van der Waals surface area contributed by atoms with Crippen LogP contribution in [0.1, 0.15) is 29.5 Å². The third-order valence-electron chi connectivity index (χ3n) is 3.49. The number of thiophene rings is 1. The van der Waals surface area contributed by atoms with Gasteiger partial charge in [0.15, 0.2) is 11.9 Å². The zero-order valence-corrected chi connectivity index (χ0v) is 14.1. The molecule has 0 saturated carbocycles. The number of aryl methyl sites for hydroxylation is 1. The number of rotatable bonds is 5. The summed E-state index contributed by atoms with van der Waals surface area (Å²) in [6, 6.07) is 9.17. The third kappa shape index (κ3) is 3.30. The van der Waals surface area contributed by atoms with Gasteiger partial charge in [-0.3, -0.25) is 4.79 Å². The minimum absolute atomic E-state index is 0.299. The molecule has 1 atom stereocenters. The monoisotopic (exact) mass is 344 g/mol. The number of carbonyl (C=O) groups excluding carboxylic acids is 2. The Labute approximate surface area is 142 Å². The largest absolute Gasteiger partial charge is 0.449 e. The SMILES string of the molecule is CC[C@H](OC(=O)c1csc2ccccc12)C(=O)Nc1cc(C)on1. The molecule has 0 spiro atoms. The van der Waals surface area contributed by atoms with Crippen molar-refractivity contribution in [3.05, 3.63) is 47.0 Å². The lowest BCUT2D eigenvalue weighted by atomic mass is 10.2. The molecule has 0 bridgehead atoms. The number of hydrogen-bond donors (Lipinski definition) is 1. The van der Waals surface area contributed by atoms with E-state index in [0.717, 1.165) is 10.1 Å². The maximum atomic E-state index is 12.4. The quantitative estimate of drug-likeness (QED) is 0.713. The summed E-state index contributed by atoms with van der Waals surface area (Å²) in [4.78, 5) is 24.7. The lowest BCUT2D eigenvalue weighted by Gasteiger charge is -2.14. The van der Waals surface area contributed by atoms with Gasteiger partial charge in [-0.2, -0.15) is 0 Å². The Kier molecular flexibility index (Phi) is 4.61. The molecule has 1 aromatic carbocycles. The van der Waals surface area contributed by atoms with Gasteiger partial charge in [-0.25, -0.2) is 4.79 Å². The number of nitrogens with zero attached hydrogens (tertiary/aromatic N) is 1. The molecule has 0 unspecified atom stereocenters. The standard InChI is InChI=1S/C17H16N2O4S/c1-3-13(16(20)18-15-8-10(2)23-19-15)22-17(21)12-9-24-14-7-5-4-6-11(12)14/h4-9,13H,3H2,1-2H3,(H,18,19,20)/t13-/m0/s1. The van der Waals surface area contributed by atoms with Gasteiger partial charge in [0, 0.05) is 21.5 Å². The van der Waals surface area contributed by atoms with Crippen molar-refractivity contribution >= 4 is 39.1 Å². The molecule has 0 saturated heterocycles. The number of anilines is 1. The van der Waals surface area contributed by atoms with Crippen molar-refractivity contribution in [2.24, 2.45) is 0 Å². The van der Waals surface area contributed by atoms with Crippen LogP contribution < -0.4 is 5.32 Å². The molecule has 3 aromatic rings. The molecular weight excluding hydrogens is 328 g/mol. The first kappa shape index (κ1) is 16.2. The Morgan fingerprint density at radius 3 is 2.88 bits per heavy atom. The molecule has 2 aromatic heterocycles. The summed E-state index contributed by atoms with van der Waals surface area (Å²) in [7, 11) is 0. The van der Waals surface area contributed by atoms with Gasteiger partial charge in [0.1, 0.15) is 5.76 Å². The van der Waals surface area contributed by atoms with Crippen LogP contribution in [0.2, 0.25) is 0 Å². The predicted molar refractivity (Wildman–Crippen MR) is 91.2 cm³/mol. The number of nitrogens with one attached hydrogen (secondary N) is 1. The summed E-state index contributed by atoms with van der Waals surface area (Å²) in [6.07, 6.45) is -0.538. The number of benzene rings is 1. The molecule has 1 amide bonds. The zero-order valence-electron chi connectivity index (χ0n) is 13.2. The number of aromatic nitrogens is 1. The normalized spacial score (nSPS) is 12.1. The first-order chi connectivity index (χ1) is 11.6. The molecule has 1 N–H and O–H groups in total. The number of amides is 1. The molecule has 7 heteroatoms. The van der Waals surface area contributed by atoms with E-state index in [1.165, 1.54) is 11.3 Å². The van der Waals surface area contributed by atoms with Gasteiger partial charge in [0.2, 0.25) is 0 Å². The van der Waals surface area contributed by atoms with Gasteiger partial charge in [0.05, 0.1) is 5.56 Å². The molecular formula is C17H16N2O4S. The van der Waals surface area contributed by atoms with Crippen LogP contribution in [-0.4, -0.2) is 23.1 Å². The summed E-state index contributed by atoms with van der Waals surface area (Å²) in [6.45, 7) is 3.50. The van der Waals surface area contributed by atoms with Crippen molar-refractivity contribution in [1.29, 1.82) is 0 Å². The third-order valence-corrected chi connectivity index (χ3v) is 4.46. The van der Waals surface area contributed by atoms with Gasteiger partial charge in [-0.05, 0) is 19.4 Å². The summed E-state index contributed by atoms with van der Waals surface area (Å²) in [5.74, 6) is -0.0578. The van der Waals surface area contributed by atoms with E-state index in [2.05, 4.69) is 10.5 Å². The lowest BCUT2D eigenvalue weighted by Crippen LogP contribution is -2.32. The highest BCUT2D eigenvalue weighted by atomic mass is 32.1. The van der Waals surface area contributed by atoms with Crippen molar-refractivity contribution in [3.8, 4) is 0 Å². The summed E-state index contributed by atoms with van der Waals surface area (Å²) < 4.78 is 11.3. The minimum atomic E-state index is -0.895. The fraction of sp³-hybridized carbons (Fsp3) is 0.235. The molecule has 0 aliphatic heterocycles. The zero-order chi connectivity index (χ0) is 17.1. The van der Waals surface area contributed by atoms with Crippen LogP contribution in [0.5, 0.6) is 0 Å². The molecule has 0 radical (unpaired) electrons. The van der Waals surface area contributed by atoms with Crippen LogP contribution in [0.25, 0.3) is 10.1 Å². The first-order valence-electron chi connectivity index (χ1n) is 7.50. The molecule has 124 valence electrons. The van der Waals surface area contributed by atoms with Crippen LogP contribution in [0.15, 0.2) is 40.2 Å². The van der Waals surface area contributed by atoms with Crippen LogP contribution >= 0.6 is 11.3 Å². The van der Waals surface area contributed by atoms with Crippen LogP contribution in [0.4, 0.5) is 5.82 Å². The van der Waals surface area contributed by atoms with E-state index in [0.29, 0.717) is 23.6 Å². The maximum absolute atomic E-state index is 12.4. The fourth-order valence-electron chi connectivity index (χ4n) is 2.28. The Bertz CT molecular complexity index is 883. The molecule has 0 aliphatic carbocycles. The van der Waals surface area contributed by atoms with Gasteiger partial charge in [-0.1, -0.05) is 30.3 Å². The Morgan fingerprint density at radius 1 is 1.38 bits per heavy atom. The van der Waals surface area contributed by atoms with Crippen LogP contribution in [-0.2, 0) is 9.53 Å². The second kappa shape index (κ2) is 6.84. The first-order valence-corrected chi connectivity index (χ1v) is 8.38. The Balaban J connectivity index is 1.72. The Hall–Kier alpha value is -2.67. The van der Waals surface area contributed by atoms with E-state index in [1.54, 1.807) is 25.3 Å². The lowest BCUT2D eigenvalue weighted by molar-refractivity contribution is -0.124. The van der Waals surface area contributed by atoms with Crippen molar-refractivity contribution in [2.45, 2.75) is 26.4 Å². The maximum Gasteiger partial charge on any atom is 0.340 e. The number of carbonyl (C=O) groups is 2. The summed E-state index contributed by atoms with van der Waals surface area (Å²) in [5.41, 5.74) is 0.471. The van der Waals surface area contributed by atoms with Gasteiger partial charge in [0.25, 0.3) is 5.91 Å². The minimum Gasteiger partial charge on any atom is -0.449 e. The van der Waals surface area contributed by atoms with Crippen molar-refractivity contribution in [1.82, 2.24) is 5.16 Å². The average Bonchev–Trinajstić information content (AvgIpc) is 3.18. The number of fused-ring (bicyclic) bond motifs is 1. The van der Waals surface area contributed by atoms with Gasteiger partial charge >= 0.3 is 5.97 Å². The molecule has 3 rings (SSSR count). The van der Waals surface area contributed by atoms with Crippen LogP contribution in [0.3, 0.4) is 0 Å². The number of esters is 1. The summed E-state index contributed by atoms with van der Waals surface area (Å²) in [5, 5.41) is 8.86. The van der Waals surface area contributed by atoms with Crippen LogP contribution in [0, 0.1) is 6.92 Å². The second-order valence-corrected chi connectivity index (χ2v) is 6.17.